The van der Waals surface area contributed by atoms with Crippen LogP contribution in [0.4, 0.5) is 0 Å². The lowest BCUT2D eigenvalue weighted by molar-refractivity contribution is 0.157. The molecule has 136 valence electrons. The molecule has 0 atom stereocenters. The molecular weight excluding hydrogens is 326 g/mol. The summed E-state index contributed by atoms with van der Waals surface area (Å²) >= 11 is 0. The van der Waals surface area contributed by atoms with Crippen molar-refractivity contribution in [2.24, 2.45) is 0 Å². The number of aryl methyl sites for hydroxylation is 1. The van der Waals surface area contributed by atoms with Crippen LogP contribution in [0, 0.1) is 6.92 Å². The Morgan fingerprint density at radius 2 is 1.81 bits per heavy atom. The van der Waals surface area contributed by atoms with E-state index in [-0.39, 0.29) is 11.7 Å². The van der Waals surface area contributed by atoms with E-state index in [0.29, 0.717) is 6.61 Å². The van der Waals surface area contributed by atoms with Crippen molar-refractivity contribution in [3.8, 4) is 5.75 Å². The highest BCUT2D eigenvalue weighted by atomic mass is 16.5. The third-order valence-electron chi connectivity index (χ3n) is 5.24. The zero-order valence-corrected chi connectivity index (χ0v) is 15.1. The molecule has 1 saturated heterocycles. The molecule has 2 aromatic carbocycles. The number of piperidine rings is 1. The number of H-pyrrole nitrogens is 1. The van der Waals surface area contributed by atoms with E-state index in [1.54, 1.807) is 0 Å². The van der Waals surface area contributed by atoms with Crippen LogP contribution in [0.5, 0.6) is 5.75 Å². The Kier molecular flexibility index (Phi) is 4.80. The summed E-state index contributed by atoms with van der Waals surface area (Å²) in [6.45, 7) is 5.68. The highest BCUT2D eigenvalue weighted by Crippen LogP contribution is 2.24. The Bertz CT molecular complexity index is 918. The third-order valence-corrected chi connectivity index (χ3v) is 5.24. The van der Waals surface area contributed by atoms with Gasteiger partial charge in [-0.25, -0.2) is 4.79 Å². The standard InChI is InChI=1S/C21H25N3O2/c1-16-6-8-18(9-7-16)26-15-14-23-12-10-17(11-13-23)24-20-5-3-2-4-19(20)22-21(24)25/h2-9,17H,10-15H2,1H3,(H,22,25). The van der Waals surface area contributed by atoms with E-state index in [1.165, 1.54) is 5.56 Å². The highest BCUT2D eigenvalue weighted by Gasteiger charge is 2.23. The number of rotatable bonds is 5. The van der Waals surface area contributed by atoms with Gasteiger partial charge in [0.25, 0.3) is 0 Å². The number of aromatic nitrogens is 2. The molecule has 5 heteroatoms. The van der Waals surface area contributed by atoms with Crippen molar-refractivity contribution in [3.05, 3.63) is 64.6 Å². The van der Waals surface area contributed by atoms with Crippen LogP contribution >= 0.6 is 0 Å². The Hall–Kier alpha value is -2.53. The fourth-order valence-corrected chi connectivity index (χ4v) is 3.76. The molecule has 1 aliphatic heterocycles. The van der Waals surface area contributed by atoms with E-state index in [2.05, 4.69) is 28.9 Å². The van der Waals surface area contributed by atoms with Crippen molar-refractivity contribution >= 4 is 11.0 Å². The molecule has 1 fully saturated rings. The lowest BCUT2D eigenvalue weighted by atomic mass is 10.0. The first-order valence-electron chi connectivity index (χ1n) is 9.32. The van der Waals surface area contributed by atoms with Crippen LogP contribution in [0.2, 0.25) is 0 Å². The Morgan fingerprint density at radius 1 is 1.08 bits per heavy atom. The lowest BCUT2D eigenvalue weighted by Gasteiger charge is -2.32. The van der Waals surface area contributed by atoms with Gasteiger partial charge in [-0.15, -0.1) is 0 Å². The molecule has 3 aromatic rings. The van der Waals surface area contributed by atoms with Gasteiger partial charge in [-0.05, 0) is 44.0 Å². The molecule has 1 aliphatic rings. The number of nitrogens with zero attached hydrogens (tertiary/aromatic N) is 2. The second-order valence-corrected chi connectivity index (χ2v) is 7.05. The summed E-state index contributed by atoms with van der Waals surface area (Å²) in [5.74, 6) is 0.927. The van der Waals surface area contributed by atoms with Gasteiger partial charge in [-0.2, -0.15) is 0 Å². The maximum atomic E-state index is 12.3. The quantitative estimate of drug-likeness (QED) is 0.767. The second kappa shape index (κ2) is 7.38. The number of para-hydroxylation sites is 2. The smallest absolute Gasteiger partial charge is 0.326 e. The molecule has 0 saturated carbocycles. The Balaban J connectivity index is 1.32. The van der Waals surface area contributed by atoms with Crippen LogP contribution in [-0.4, -0.2) is 40.7 Å². The van der Waals surface area contributed by atoms with Gasteiger partial charge in [0.1, 0.15) is 12.4 Å². The fourth-order valence-electron chi connectivity index (χ4n) is 3.76. The minimum Gasteiger partial charge on any atom is -0.492 e. The summed E-state index contributed by atoms with van der Waals surface area (Å²) in [6, 6.07) is 16.4. The van der Waals surface area contributed by atoms with Gasteiger partial charge >= 0.3 is 5.69 Å². The molecule has 0 unspecified atom stereocenters. The van der Waals surface area contributed by atoms with Crippen LogP contribution in [0.3, 0.4) is 0 Å². The summed E-state index contributed by atoms with van der Waals surface area (Å²) in [5, 5.41) is 0. The molecule has 2 heterocycles. The van der Waals surface area contributed by atoms with Crippen molar-refractivity contribution in [3.63, 3.8) is 0 Å². The lowest BCUT2D eigenvalue weighted by Crippen LogP contribution is -2.38. The normalized spacial score (nSPS) is 16.2. The van der Waals surface area contributed by atoms with Crippen LogP contribution in [0.1, 0.15) is 24.4 Å². The zero-order valence-electron chi connectivity index (χ0n) is 15.1. The monoisotopic (exact) mass is 351 g/mol. The van der Waals surface area contributed by atoms with Crippen molar-refractivity contribution < 1.29 is 4.74 Å². The van der Waals surface area contributed by atoms with Gasteiger partial charge in [0.2, 0.25) is 0 Å². The van der Waals surface area contributed by atoms with Crippen molar-refractivity contribution in [2.75, 3.05) is 26.2 Å². The van der Waals surface area contributed by atoms with E-state index in [4.69, 9.17) is 4.74 Å². The van der Waals surface area contributed by atoms with E-state index < -0.39 is 0 Å². The summed E-state index contributed by atoms with van der Waals surface area (Å²) in [7, 11) is 0. The summed E-state index contributed by atoms with van der Waals surface area (Å²) < 4.78 is 7.78. The first kappa shape index (κ1) is 16.9. The number of ether oxygens (including phenoxy) is 1. The number of hydrogen-bond acceptors (Lipinski definition) is 3. The number of benzene rings is 2. The SMILES string of the molecule is Cc1ccc(OCCN2CCC(n3c(=O)[nH]c4ccccc43)CC2)cc1. The van der Waals surface area contributed by atoms with Crippen LogP contribution in [-0.2, 0) is 0 Å². The molecule has 0 bridgehead atoms. The summed E-state index contributed by atoms with van der Waals surface area (Å²) in [6.07, 6.45) is 1.98. The van der Waals surface area contributed by atoms with E-state index in [1.807, 2.05) is 41.0 Å². The number of likely N-dealkylation sites (tertiary alicyclic amines) is 1. The Labute approximate surface area is 153 Å². The predicted molar refractivity (Wildman–Crippen MR) is 104 cm³/mol. The van der Waals surface area contributed by atoms with Gasteiger partial charge in [-0.1, -0.05) is 29.8 Å². The van der Waals surface area contributed by atoms with Gasteiger partial charge in [-0.3, -0.25) is 9.47 Å². The maximum absolute atomic E-state index is 12.3. The topological polar surface area (TPSA) is 50.3 Å². The number of imidazole rings is 1. The predicted octanol–water partition coefficient (Wildman–Crippen LogP) is 3.35. The average molecular weight is 351 g/mol. The van der Waals surface area contributed by atoms with Crippen LogP contribution in [0.15, 0.2) is 53.3 Å². The molecule has 26 heavy (non-hydrogen) atoms. The van der Waals surface area contributed by atoms with Crippen LogP contribution in [0.25, 0.3) is 11.0 Å². The van der Waals surface area contributed by atoms with Crippen molar-refractivity contribution in [2.45, 2.75) is 25.8 Å². The molecule has 0 aliphatic carbocycles. The summed E-state index contributed by atoms with van der Waals surface area (Å²) in [5.41, 5.74) is 3.18. The molecule has 4 rings (SSSR count). The molecule has 0 spiro atoms. The minimum atomic E-state index is 0.00681. The molecule has 0 amide bonds. The number of fused-ring (bicyclic) bond motifs is 1. The summed E-state index contributed by atoms with van der Waals surface area (Å²) in [4.78, 5) is 17.7. The first-order valence-corrected chi connectivity index (χ1v) is 9.32. The minimum absolute atomic E-state index is 0.00681. The molecular formula is C21H25N3O2. The van der Waals surface area contributed by atoms with Gasteiger partial charge in [0.05, 0.1) is 11.0 Å². The first-order chi connectivity index (χ1) is 12.7. The second-order valence-electron chi connectivity index (χ2n) is 7.05. The molecule has 1 aromatic heterocycles. The number of nitrogens with one attached hydrogen (secondary N) is 1. The van der Waals surface area contributed by atoms with E-state index >= 15 is 0 Å². The van der Waals surface area contributed by atoms with E-state index in [0.717, 1.165) is 49.3 Å². The van der Waals surface area contributed by atoms with Crippen LogP contribution < -0.4 is 10.4 Å². The number of aromatic amines is 1. The largest absolute Gasteiger partial charge is 0.492 e. The number of hydrogen-bond donors (Lipinski definition) is 1. The van der Waals surface area contributed by atoms with E-state index in [9.17, 15) is 4.79 Å². The van der Waals surface area contributed by atoms with Gasteiger partial charge < -0.3 is 9.72 Å². The molecule has 5 nitrogen and oxygen atoms in total. The van der Waals surface area contributed by atoms with Gasteiger partial charge in [0.15, 0.2) is 0 Å². The maximum Gasteiger partial charge on any atom is 0.326 e. The molecule has 1 N–H and O–H groups in total. The van der Waals surface area contributed by atoms with Crippen molar-refractivity contribution in [1.29, 1.82) is 0 Å². The van der Waals surface area contributed by atoms with Crippen molar-refractivity contribution in [1.82, 2.24) is 14.5 Å². The molecule has 0 radical (unpaired) electrons. The average Bonchev–Trinajstić information content (AvgIpc) is 3.00. The Morgan fingerprint density at radius 3 is 2.58 bits per heavy atom. The fraction of sp³-hybridized carbons (Fsp3) is 0.381. The van der Waals surface area contributed by atoms with Gasteiger partial charge in [0, 0.05) is 25.7 Å². The third kappa shape index (κ3) is 3.53. The zero-order chi connectivity index (χ0) is 17.9. The highest BCUT2D eigenvalue weighted by molar-refractivity contribution is 5.75.